The zero-order valence-electron chi connectivity index (χ0n) is 17.6. The van der Waals surface area contributed by atoms with Crippen molar-refractivity contribution in [2.75, 3.05) is 19.7 Å². The third-order valence-corrected chi connectivity index (χ3v) is 5.75. The van der Waals surface area contributed by atoms with Crippen LogP contribution >= 0.6 is 0 Å². The second-order valence-corrected chi connectivity index (χ2v) is 8.62. The first kappa shape index (κ1) is 20.5. The summed E-state index contributed by atoms with van der Waals surface area (Å²) in [6.45, 7) is 4.94. The maximum Gasteiger partial charge on any atom is 0.254 e. The molecule has 2 aliphatic rings. The van der Waals surface area contributed by atoms with E-state index in [-0.39, 0.29) is 30.3 Å². The molecule has 1 atom stereocenters. The van der Waals surface area contributed by atoms with Gasteiger partial charge in [0.05, 0.1) is 13.2 Å². The normalized spacial score (nSPS) is 21.5. The molecule has 0 unspecified atom stereocenters. The molecule has 30 heavy (non-hydrogen) atoms. The number of carbonyl (C=O) groups excluding carboxylic acids is 2. The van der Waals surface area contributed by atoms with Crippen LogP contribution in [0.25, 0.3) is 11.1 Å². The number of hydrogen-bond acceptors (Lipinski definition) is 4. The van der Waals surface area contributed by atoms with Crippen LogP contribution < -0.4 is 5.32 Å². The number of ether oxygens (including phenoxy) is 1. The maximum atomic E-state index is 13.3. The molecule has 2 fully saturated rings. The van der Waals surface area contributed by atoms with Crippen LogP contribution in [0.4, 0.5) is 0 Å². The van der Waals surface area contributed by atoms with Crippen LogP contribution in [0.1, 0.15) is 32.3 Å². The number of rotatable bonds is 6. The van der Waals surface area contributed by atoms with Crippen LogP contribution in [0, 0.1) is 5.92 Å². The van der Waals surface area contributed by atoms with Gasteiger partial charge in [0.1, 0.15) is 0 Å². The SMILES string of the molecule is CC(C)C(=O)N1CCO[C@](Cc2cccc(-c3ccncc3)c2)(C(=O)NC2CC2)C1. The number of nitrogens with one attached hydrogen (secondary N) is 1. The molecule has 6 nitrogen and oxygen atoms in total. The van der Waals surface area contributed by atoms with E-state index in [1.807, 2.05) is 44.2 Å². The van der Waals surface area contributed by atoms with Crippen LogP contribution in [0.5, 0.6) is 0 Å². The molecule has 1 saturated heterocycles. The van der Waals surface area contributed by atoms with Crippen LogP contribution in [-0.2, 0) is 20.7 Å². The third-order valence-electron chi connectivity index (χ3n) is 5.75. The molecule has 158 valence electrons. The fraction of sp³-hybridized carbons (Fsp3) is 0.458. The van der Waals surface area contributed by atoms with E-state index in [0.29, 0.717) is 19.6 Å². The van der Waals surface area contributed by atoms with Crippen molar-refractivity contribution in [1.29, 1.82) is 0 Å². The average molecular weight is 408 g/mol. The number of benzene rings is 1. The summed E-state index contributed by atoms with van der Waals surface area (Å²) in [4.78, 5) is 31.8. The van der Waals surface area contributed by atoms with E-state index < -0.39 is 5.60 Å². The lowest BCUT2D eigenvalue weighted by Gasteiger charge is -2.42. The summed E-state index contributed by atoms with van der Waals surface area (Å²) in [6, 6.07) is 12.3. The van der Waals surface area contributed by atoms with Gasteiger partial charge in [-0.25, -0.2) is 0 Å². The minimum absolute atomic E-state index is 0.0624. The maximum absolute atomic E-state index is 13.3. The van der Waals surface area contributed by atoms with Crippen molar-refractivity contribution in [3.8, 4) is 11.1 Å². The van der Waals surface area contributed by atoms with E-state index in [0.717, 1.165) is 29.5 Å². The highest BCUT2D eigenvalue weighted by atomic mass is 16.5. The van der Waals surface area contributed by atoms with Gasteiger partial charge in [0, 0.05) is 37.3 Å². The molecule has 4 rings (SSSR count). The largest absolute Gasteiger partial charge is 0.361 e. The van der Waals surface area contributed by atoms with Crippen LogP contribution in [0.2, 0.25) is 0 Å². The number of amides is 2. The summed E-state index contributed by atoms with van der Waals surface area (Å²) in [5.74, 6) is -0.157. The van der Waals surface area contributed by atoms with Gasteiger partial charge in [0.15, 0.2) is 5.60 Å². The Hall–Kier alpha value is -2.73. The first-order chi connectivity index (χ1) is 14.5. The van der Waals surface area contributed by atoms with Gasteiger partial charge in [0.25, 0.3) is 5.91 Å². The molecule has 6 heteroatoms. The average Bonchev–Trinajstić information content (AvgIpc) is 3.58. The Morgan fingerprint density at radius 1 is 1.20 bits per heavy atom. The van der Waals surface area contributed by atoms with Crippen molar-refractivity contribution in [2.24, 2.45) is 5.92 Å². The lowest BCUT2D eigenvalue weighted by molar-refractivity contribution is -0.167. The first-order valence-corrected chi connectivity index (χ1v) is 10.7. The van der Waals surface area contributed by atoms with Crippen molar-refractivity contribution < 1.29 is 14.3 Å². The highest BCUT2D eigenvalue weighted by Gasteiger charge is 2.46. The molecular weight excluding hydrogens is 378 g/mol. The van der Waals surface area contributed by atoms with Crippen LogP contribution in [0.3, 0.4) is 0 Å². The number of pyridine rings is 1. The fourth-order valence-corrected chi connectivity index (χ4v) is 3.94. The molecule has 1 aliphatic carbocycles. The number of hydrogen-bond donors (Lipinski definition) is 1. The van der Waals surface area contributed by atoms with Gasteiger partial charge in [0.2, 0.25) is 5.91 Å². The van der Waals surface area contributed by atoms with Crippen molar-refractivity contribution >= 4 is 11.8 Å². The molecule has 1 aromatic carbocycles. The van der Waals surface area contributed by atoms with E-state index in [4.69, 9.17) is 4.74 Å². The second kappa shape index (κ2) is 8.56. The van der Waals surface area contributed by atoms with Crippen molar-refractivity contribution in [1.82, 2.24) is 15.2 Å². The molecule has 0 radical (unpaired) electrons. The molecular formula is C24H29N3O3. The third kappa shape index (κ3) is 4.54. The molecule has 0 spiro atoms. The number of carbonyl (C=O) groups is 2. The van der Waals surface area contributed by atoms with Gasteiger partial charge in [-0.1, -0.05) is 38.1 Å². The molecule has 2 aromatic rings. The summed E-state index contributed by atoms with van der Waals surface area (Å²) in [6.07, 6.45) is 5.98. The number of morpholine rings is 1. The molecule has 2 heterocycles. The van der Waals surface area contributed by atoms with Crippen LogP contribution in [0.15, 0.2) is 48.8 Å². The zero-order chi connectivity index (χ0) is 21.1. The summed E-state index contributed by atoms with van der Waals surface area (Å²) in [5.41, 5.74) is 2.08. The Morgan fingerprint density at radius 3 is 2.67 bits per heavy atom. The molecule has 1 aliphatic heterocycles. The van der Waals surface area contributed by atoms with E-state index in [1.54, 1.807) is 17.3 Å². The van der Waals surface area contributed by atoms with E-state index >= 15 is 0 Å². The fourth-order valence-electron chi connectivity index (χ4n) is 3.94. The monoisotopic (exact) mass is 407 g/mol. The highest BCUT2D eigenvalue weighted by molar-refractivity contribution is 5.88. The van der Waals surface area contributed by atoms with Crippen molar-refractivity contribution in [3.05, 3.63) is 54.4 Å². The Kier molecular flexibility index (Phi) is 5.86. The van der Waals surface area contributed by atoms with Crippen LogP contribution in [-0.4, -0.2) is 53.0 Å². The Bertz CT molecular complexity index is 911. The lowest BCUT2D eigenvalue weighted by atomic mass is 9.89. The van der Waals surface area contributed by atoms with Gasteiger partial charge in [-0.05, 0) is 41.7 Å². The minimum atomic E-state index is -1.07. The van der Waals surface area contributed by atoms with E-state index in [2.05, 4.69) is 16.4 Å². The molecule has 2 amide bonds. The number of nitrogens with zero attached hydrogens (tertiary/aromatic N) is 2. The summed E-state index contributed by atoms with van der Waals surface area (Å²) < 4.78 is 6.15. The van der Waals surface area contributed by atoms with Gasteiger partial charge < -0.3 is 15.0 Å². The van der Waals surface area contributed by atoms with E-state index in [9.17, 15) is 9.59 Å². The molecule has 1 aromatic heterocycles. The van der Waals surface area contributed by atoms with E-state index in [1.165, 1.54) is 0 Å². The molecule has 1 N–H and O–H groups in total. The highest BCUT2D eigenvalue weighted by Crippen LogP contribution is 2.29. The summed E-state index contributed by atoms with van der Waals surface area (Å²) >= 11 is 0. The Morgan fingerprint density at radius 2 is 1.97 bits per heavy atom. The van der Waals surface area contributed by atoms with Gasteiger partial charge in [-0.2, -0.15) is 0 Å². The molecule has 0 bridgehead atoms. The number of aromatic nitrogens is 1. The second-order valence-electron chi connectivity index (χ2n) is 8.62. The topological polar surface area (TPSA) is 71.5 Å². The predicted molar refractivity (Wildman–Crippen MR) is 115 cm³/mol. The van der Waals surface area contributed by atoms with Gasteiger partial charge in [-0.15, -0.1) is 0 Å². The standard InChI is InChI=1S/C24H29N3O3/c1-17(2)22(28)27-12-13-30-24(16-27,23(29)26-21-6-7-21)15-18-4-3-5-20(14-18)19-8-10-25-11-9-19/h3-5,8-11,14,17,21H,6-7,12-13,15-16H2,1-2H3,(H,26,29)/t24-/m0/s1. The predicted octanol–water partition coefficient (Wildman–Crippen LogP) is 2.82. The smallest absolute Gasteiger partial charge is 0.254 e. The first-order valence-electron chi connectivity index (χ1n) is 10.7. The zero-order valence-corrected chi connectivity index (χ0v) is 17.6. The Balaban J connectivity index is 1.62. The lowest BCUT2D eigenvalue weighted by Crippen LogP contribution is -2.62. The quantitative estimate of drug-likeness (QED) is 0.799. The van der Waals surface area contributed by atoms with Crippen molar-refractivity contribution in [2.45, 2.75) is 44.8 Å². The molecule has 1 saturated carbocycles. The summed E-state index contributed by atoms with van der Waals surface area (Å²) in [5, 5.41) is 3.11. The van der Waals surface area contributed by atoms with Gasteiger partial charge >= 0.3 is 0 Å². The Labute approximate surface area is 177 Å². The van der Waals surface area contributed by atoms with Crippen molar-refractivity contribution in [3.63, 3.8) is 0 Å². The minimum Gasteiger partial charge on any atom is -0.361 e. The summed E-state index contributed by atoms with van der Waals surface area (Å²) in [7, 11) is 0. The van der Waals surface area contributed by atoms with Gasteiger partial charge in [-0.3, -0.25) is 14.6 Å².